The minimum atomic E-state index is 0.263. The second-order valence-corrected chi connectivity index (χ2v) is 6.41. The molecule has 0 saturated carbocycles. The summed E-state index contributed by atoms with van der Waals surface area (Å²) in [5, 5.41) is 1.06. The van der Waals surface area contributed by atoms with Gasteiger partial charge in [-0.2, -0.15) is 0 Å². The van der Waals surface area contributed by atoms with Crippen molar-refractivity contribution < 1.29 is 4.74 Å². The van der Waals surface area contributed by atoms with E-state index < -0.39 is 0 Å². The molecule has 3 nitrogen and oxygen atoms in total. The number of benzene rings is 1. The van der Waals surface area contributed by atoms with Gasteiger partial charge in [0.25, 0.3) is 0 Å². The van der Waals surface area contributed by atoms with Crippen LogP contribution in [0.15, 0.2) is 18.2 Å². The van der Waals surface area contributed by atoms with Gasteiger partial charge in [0.15, 0.2) is 5.82 Å². The summed E-state index contributed by atoms with van der Waals surface area (Å²) in [6.45, 7) is 4.15. The van der Waals surface area contributed by atoms with E-state index in [9.17, 15) is 0 Å². The van der Waals surface area contributed by atoms with E-state index in [4.69, 9.17) is 27.9 Å². The van der Waals surface area contributed by atoms with E-state index in [2.05, 4.69) is 46.4 Å². The highest BCUT2D eigenvalue weighted by atomic mass is 127. The molecule has 0 aliphatic carbocycles. The standard InChI is InChI=1S/C14H13Cl2IN2O/c1-7(2)12-11(17)13(16)19-14(18-12)9-5-4-8(15)6-10(9)20-3/h4-7H,1-3H3. The summed E-state index contributed by atoms with van der Waals surface area (Å²) in [6, 6.07) is 5.36. The van der Waals surface area contributed by atoms with Crippen molar-refractivity contribution in [3.05, 3.63) is 37.6 Å². The molecular formula is C14H13Cl2IN2O. The maximum Gasteiger partial charge on any atom is 0.164 e. The van der Waals surface area contributed by atoms with Crippen LogP contribution in [0.2, 0.25) is 10.2 Å². The first-order valence-corrected chi connectivity index (χ1v) is 7.84. The molecular weight excluding hydrogens is 410 g/mol. The van der Waals surface area contributed by atoms with Crippen LogP contribution in [0.4, 0.5) is 0 Å². The lowest BCUT2D eigenvalue weighted by Crippen LogP contribution is -2.03. The monoisotopic (exact) mass is 422 g/mol. The summed E-state index contributed by atoms with van der Waals surface area (Å²) in [5.74, 6) is 1.44. The van der Waals surface area contributed by atoms with Crippen molar-refractivity contribution in [2.75, 3.05) is 7.11 Å². The van der Waals surface area contributed by atoms with Crippen molar-refractivity contribution in [1.82, 2.24) is 9.97 Å². The largest absolute Gasteiger partial charge is 0.496 e. The molecule has 0 radical (unpaired) electrons. The Balaban J connectivity index is 2.64. The molecule has 2 aromatic rings. The lowest BCUT2D eigenvalue weighted by Gasteiger charge is -2.13. The van der Waals surface area contributed by atoms with Crippen LogP contribution < -0.4 is 4.74 Å². The molecule has 0 spiro atoms. The van der Waals surface area contributed by atoms with E-state index in [-0.39, 0.29) is 5.92 Å². The zero-order valence-corrected chi connectivity index (χ0v) is 14.9. The molecule has 0 saturated heterocycles. The van der Waals surface area contributed by atoms with Gasteiger partial charge in [0.2, 0.25) is 0 Å². The Kier molecular flexibility index (Phi) is 5.09. The van der Waals surface area contributed by atoms with Crippen molar-refractivity contribution >= 4 is 45.8 Å². The molecule has 1 aromatic carbocycles. The zero-order valence-electron chi connectivity index (χ0n) is 11.2. The second-order valence-electron chi connectivity index (χ2n) is 4.54. The van der Waals surface area contributed by atoms with Crippen molar-refractivity contribution in [2.24, 2.45) is 0 Å². The highest BCUT2D eigenvalue weighted by Gasteiger charge is 2.17. The molecule has 0 amide bonds. The van der Waals surface area contributed by atoms with Crippen LogP contribution in [0.1, 0.15) is 25.5 Å². The fraction of sp³-hybridized carbons (Fsp3) is 0.286. The Hall–Kier alpha value is -0.590. The lowest BCUT2D eigenvalue weighted by atomic mass is 10.1. The summed E-state index contributed by atoms with van der Waals surface area (Å²) in [4.78, 5) is 8.96. The van der Waals surface area contributed by atoms with E-state index in [0.29, 0.717) is 21.7 Å². The summed E-state index contributed by atoms with van der Waals surface area (Å²) in [5.41, 5.74) is 1.70. The molecule has 0 aliphatic heterocycles. The van der Waals surface area contributed by atoms with Gasteiger partial charge < -0.3 is 4.74 Å². The smallest absolute Gasteiger partial charge is 0.164 e. The van der Waals surface area contributed by atoms with Crippen molar-refractivity contribution in [1.29, 1.82) is 0 Å². The number of nitrogens with zero attached hydrogens (tertiary/aromatic N) is 2. The summed E-state index contributed by atoms with van der Waals surface area (Å²) in [7, 11) is 1.59. The molecule has 106 valence electrons. The van der Waals surface area contributed by atoms with Crippen LogP contribution in [0.5, 0.6) is 5.75 Å². The molecule has 0 atom stereocenters. The molecule has 0 fully saturated rings. The maximum absolute atomic E-state index is 6.21. The summed E-state index contributed by atoms with van der Waals surface area (Å²) < 4.78 is 6.23. The molecule has 1 heterocycles. The summed E-state index contributed by atoms with van der Waals surface area (Å²) in [6.07, 6.45) is 0. The molecule has 1 aromatic heterocycles. The molecule has 0 N–H and O–H groups in total. The van der Waals surface area contributed by atoms with Gasteiger partial charge in [-0.15, -0.1) is 0 Å². The van der Waals surface area contributed by atoms with Gasteiger partial charge in [0.05, 0.1) is 21.9 Å². The van der Waals surface area contributed by atoms with Gasteiger partial charge in [-0.25, -0.2) is 9.97 Å². The van der Waals surface area contributed by atoms with Crippen LogP contribution in [-0.4, -0.2) is 17.1 Å². The minimum absolute atomic E-state index is 0.263. The van der Waals surface area contributed by atoms with Gasteiger partial charge in [-0.3, -0.25) is 0 Å². The normalized spacial score (nSPS) is 10.9. The Morgan fingerprint density at radius 3 is 2.50 bits per heavy atom. The van der Waals surface area contributed by atoms with E-state index >= 15 is 0 Å². The number of ether oxygens (including phenoxy) is 1. The predicted molar refractivity (Wildman–Crippen MR) is 90.8 cm³/mol. The first kappa shape index (κ1) is 15.8. The van der Waals surface area contributed by atoms with Gasteiger partial charge >= 0.3 is 0 Å². The average Bonchev–Trinajstić information content (AvgIpc) is 2.41. The topological polar surface area (TPSA) is 35.0 Å². The average molecular weight is 423 g/mol. The van der Waals surface area contributed by atoms with Crippen LogP contribution in [0.25, 0.3) is 11.4 Å². The van der Waals surface area contributed by atoms with Crippen LogP contribution in [0, 0.1) is 3.57 Å². The molecule has 2 rings (SSSR count). The van der Waals surface area contributed by atoms with Crippen molar-refractivity contribution in [3.63, 3.8) is 0 Å². The fourth-order valence-electron chi connectivity index (χ4n) is 1.79. The minimum Gasteiger partial charge on any atom is -0.496 e. The summed E-state index contributed by atoms with van der Waals surface area (Å²) >= 11 is 14.4. The highest BCUT2D eigenvalue weighted by molar-refractivity contribution is 14.1. The van der Waals surface area contributed by atoms with Crippen LogP contribution >= 0.6 is 45.8 Å². The number of rotatable bonds is 3. The lowest BCUT2D eigenvalue weighted by molar-refractivity contribution is 0.416. The highest BCUT2D eigenvalue weighted by Crippen LogP contribution is 2.33. The number of hydrogen-bond acceptors (Lipinski definition) is 3. The first-order chi connectivity index (χ1) is 9.43. The van der Waals surface area contributed by atoms with E-state index in [0.717, 1.165) is 14.8 Å². The van der Waals surface area contributed by atoms with Crippen LogP contribution in [0.3, 0.4) is 0 Å². The Morgan fingerprint density at radius 1 is 1.20 bits per heavy atom. The van der Waals surface area contributed by atoms with Crippen LogP contribution in [-0.2, 0) is 0 Å². The Bertz CT molecular complexity index is 647. The molecule has 20 heavy (non-hydrogen) atoms. The third-order valence-electron chi connectivity index (χ3n) is 2.79. The van der Waals surface area contributed by atoms with E-state index in [1.165, 1.54) is 0 Å². The Morgan fingerprint density at radius 2 is 1.90 bits per heavy atom. The number of methoxy groups -OCH3 is 1. The quantitative estimate of drug-likeness (QED) is 0.504. The van der Waals surface area contributed by atoms with Crippen molar-refractivity contribution in [2.45, 2.75) is 19.8 Å². The van der Waals surface area contributed by atoms with Crippen molar-refractivity contribution in [3.8, 4) is 17.1 Å². The maximum atomic E-state index is 6.21. The number of halogens is 3. The van der Waals surface area contributed by atoms with Gasteiger partial charge in [-0.05, 0) is 46.7 Å². The molecule has 0 aliphatic rings. The van der Waals surface area contributed by atoms with Gasteiger partial charge in [0.1, 0.15) is 10.9 Å². The number of hydrogen-bond donors (Lipinski definition) is 0. The molecule has 0 bridgehead atoms. The van der Waals surface area contributed by atoms with E-state index in [1.807, 2.05) is 6.07 Å². The predicted octanol–water partition coefficient (Wildman–Crippen LogP) is 5.19. The Labute approximate surface area is 141 Å². The fourth-order valence-corrected chi connectivity index (χ4v) is 2.99. The third-order valence-corrected chi connectivity index (χ3v) is 4.68. The molecule has 6 heteroatoms. The third kappa shape index (κ3) is 3.18. The van der Waals surface area contributed by atoms with Gasteiger partial charge in [0, 0.05) is 5.02 Å². The molecule has 0 unspecified atom stereocenters. The first-order valence-electron chi connectivity index (χ1n) is 6.01. The SMILES string of the molecule is COc1cc(Cl)ccc1-c1nc(Cl)c(I)c(C(C)C)n1. The number of aromatic nitrogens is 2. The van der Waals surface area contributed by atoms with E-state index in [1.54, 1.807) is 19.2 Å². The second kappa shape index (κ2) is 6.45. The zero-order chi connectivity index (χ0) is 14.9. The van der Waals surface area contributed by atoms with Gasteiger partial charge in [-0.1, -0.05) is 37.0 Å².